The molecular weight excluding hydrogens is 236 g/mol. The summed E-state index contributed by atoms with van der Waals surface area (Å²) in [6.45, 7) is 2.31. The standard InChI is InChI=1S/C15H22N4/c1-3-11-4-6-12(7-5-11)19(2)15-13-8-9-16-14(13)17-10-18-15/h8-12H,3-7H2,1-2H3,(H,16,17,18). The Morgan fingerprint density at radius 2 is 2.05 bits per heavy atom. The highest BCUT2D eigenvalue weighted by molar-refractivity contribution is 5.87. The fraction of sp³-hybridized carbons (Fsp3) is 0.600. The average Bonchev–Trinajstić information content (AvgIpc) is 2.95. The van der Waals surface area contributed by atoms with Crippen LogP contribution in [0.2, 0.25) is 0 Å². The number of nitrogens with zero attached hydrogens (tertiary/aromatic N) is 3. The van der Waals surface area contributed by atoms with E-state index in [9.17, 15) is 0 Å². The summed E-state index contributed by atoms with van der Waals surface area (Å²) < 4.78 is 0. The van der Waals surface area contributed by atoms with Gasteiger partial charge in [0, 0.05) is 19.3 Å². The zero-order chi connectivity index (χ0) is 13.2. The summed E-state index contributed by atoms with van der Waals surface area (Å²) in [5, 5.41) is 1.13. The SMILES string of the molecule is CCC1CCC(N(C)c2ncnc3[nH]ccc23)CC1. The van der Waals surface area contributed by atoms with Gasteiger partial charge in [0.1, 0.15) is 17.8 Å². The number of aromatic amines is 1. The van der Waals surface area contributed by atoms with Crippen LogP contribution in [-0.4, -0.2) is 28.0 Å². The first kappa shape index (κ1) is 12.5. The maximum atomic E-state index is 4.49. The minimum absolute atomic E-state index is 0.621. The van der Waals surface area contributed by atoms with Gasteiger partial charge >= 0.3 is 0 Å². The Morgan fingerprint density at radius 3 is 2.79 bits per heavy atom. The highest BCUT2D eigenvalue weighted by atomic mass is 15.2. The molecule has 0 aromatic carbocycles. The van der Waals surface area contributed by atoms with Crippen LogP contribution >= 0.6 is 0 Å². The summed E-state index contributed by atoms with van der Waals surface area (Å²) in [7, 11) is 2.17. The maximum Gasteiger partial charge on any atom is 0.142 e. The molecule has 3 rings (SSSR count). The zero-order valence-electron chi connectivity index (χ0n) is 11.8. The van der Waals surface area contributed by atoms with E-state index in [1.54, 1.807) is 6.33 Å². The number of fused-ring (bicyclic) bond motifs is 1. The van der Waals surface area contributed by atoms with Crippen LogP contribution in [0.3, 0.4) is 0 Å². The van der Waals surface area contributed by atoms with Crippen molar-refractivity contribution in [3.63, 3.8) is 0 Å². The van der Waals surface area contributed by atoms with E-state index in [0.717, 1.165) is 22.8 Å². The van der Waals surface area contributed by atoms with Gasteiger partial charge in [0.15, 0.2) is 0 Å². The molecule has 0 unspecified atom stereocenters. The van der Waals surface area contributed by atoms with Gasteiger partial charge in [-0.05, 0) is 37.7 Å². The van der Waals surface area contributed by atoms with E-state index >= 15 is 0 Å². The Hall–Kier alpha value is -1.58. The zero-order valence-corrected chi connectivity index (χ0v) is 11.8. The second kappa shape index (κ2) is 5.19. The van der Waals surface area contributed by atoms with Crippen LogP contribution in [0.1, 0.15) is 39.0 Å². The Bertz CT molecular complexity index is 540. The minimum Gasteiger partial charge on any atom is -0.356 e. The van der Waals surface area contributed by atoms with Gasteiger partial charge in [-0.3, -0.25) is 0 Å². The van der Waals surface area contributed by atoms with E-state index in [2.05, 4.69) is 39.9 Å². The van der Waals surface area contributed by atoms with Crippen molar-refractivity contribution in [3.05, 3.63) is 18.6 Å². The first-order chi connectivity index (χ1) is 9.29. The molecule has 1 saturated carbocycles. The van der Waals surface area contributed by atoms with Crippen LogP contribution in [0.5, 0.6) is 0 Å². The topological polar surface area (TPSA) is 44.8 Å². The van der Waals surface area contributed by atoms with Crippen LogP contribution in [0.15, 0.2) is 18.6 Å². The average molecular weight is 258 g/mol. The van der Waals surface area contributed by atoms with Gasteiger partial charge < -0.3 is 9.88 Å². The second-order valence-electron chi connectivity index (χ2n) is 5.63. The normalized spacial score (nSPS) is 23.7. The molecular formula is C15H22N4. The van der Waals surface area contributed by atoms with Crippen LogP contribution in [-0.2, 0) is 0 Å². The Balaban J connectivity index is 1.80. The van der Waals surface area contributed by atoms with Crippen molar-refractivity contribution < 1.29 is 0 Å². The third kappa shape index (κ3) is 2.31. The molecule has 0 bridgehead atoms. The molecule has 0 atom stereocenters. The van der Waals surface area contributed by atoms with Crippen LogP contribution in [0, 0.1) is 5.92 Å². The van der Waals surface area contributed by atoms with E-state index in [1.807, 2.05) is 6.20 Å². The van der Waals surface area contributed by atoms with Gasteiger partial charge in [-0.15, -0.1) is 0 Å². The number of aromatic nitrogens is 3. The Labute approximate surface area is 114 Å². The highest BCUT2D eigenvalue weighted by Crippen LogP contribution is 2.32. The minimum atomic E-state index is 0.621. The highest BCUT2D eigenvalue weighted by Gasteiger charge is 2.24. The molecule has 2 aromatic rings. The molecule has 4 heteroatoms. The van der Waals surface area contributed by atoms with Crippen LogP contribution in [0.4, 0.5) is 5.82 Å². The third-order valence-electron chi connectivity index (χ3n) is 4.61. The molecule has 1 aliphatic rings. The number of hydrogen-bond acceptors (Lipinski definition) is 3. The quantitative estimate of drug-likeness (QED) is 0.918. The van der Waals surface area contributed by atoms with E-state index < -0.39 is 0 Å². The summed E-state index contributed by atoms with van der Waals surface area (Å²) in [6.07, 6.45) is 10.2. The largest absolute Gasteiger partial charge is 0.356 e. The summed E-state index contributed by atoms with van der Waals surface area (Å²) in [6, 6.07) is 2.69. The molecule has 0 radical (unpaired) electrons. The molecule has 19 heavy (non-hydrogen) atoms. The fourth-order valence-electron chi connectivity index (χ4n) is 3.25. The molecule has 4 nitrogen and oxygen atoms in total. The summed E-state index contributed by atoms with van der Waals surface area (Å²) >= 11 is 0. The summed E-state index contributed by atoms with van der Waals surface area (Å²) in [4.78, 5) is 14.3. The number of anilines is 1. The first-order valence-electron chi connectivity index (χ1n) is 7.30. The van der Waals surface area contributed by atoms with Gasteiger partial charge in [0.05, 0.1) is 5.39 Å². The van der Waals surface area contributed by atoms with Crippen LogP contribution < -0.4 is 4.90 Å². The van der Waals surface area contributed by atoms with Crippen molar-refractivity contribution in [1.82, 2.24) is 15.0 Å². The lowest BCUT2D eigenvalue weighted by Gasteiger charge is -2.35. The van der Waals surface area contributed by atoms with Crippen LogP contribution in [0.25, 0.3) is 11.0 Å². The Kier molecular flexibility index (Phi) is 3.40. The molecule has 2 aromatic heterocycles. The molecule has 0 amide bonds. The molecule has 0 aliphatic heterocycles. The van der Waals surface area contributed by atoms with Gasteiger partial charge in [0.25, 0.3) is 0 Å². The predicted molar refractivity (Wildman–Crippen MR) is 78.3 cm³/mol. The van der Waals surface area contributed by atoms with Crippen molar-refractivity contribution >= 4 is 16.9 Å². The molecule has 1 N–H and O–H groups in total. The van der Waals surface area contributed by atoms with Gasteiger partial charge in [-0.2, -0.15) is 0 Å². The molecule has 0 saturated heterocycles. The lowest BCUT2D eigenvalue weighted by atomic mass is 9.84. The molecule has 2 heterocycles. The van der Waals surface area contributed by atoms with Gasteiger partial charge in [-0.1, -0.05) is 13.3 Å². The first-order valence-corrected chi connectivity index (χ1v) is 7.30. The number of hydrogen-bond donors (Lipinski definition) is 1. The van der Waals surface area contributed by atoms with E-state index in [1.165, 1.54) is 32.1 Å². The molecule has 1 fully saturated rings. The summed E-state index contributed by atoms with van der Waals surface area (Å²) in [5.41, 5.74) is 0.930. The maximum absolute atomic E-state index is 4.49. The monoisotopic (exact) mass is 258 g/mol. The molecule has 1 aliphatic carbocycles. The second-order valence-corrected chi connectivity index (χ2v) is 5.63. The number of nitrogens with one attached hydrogen (secondary N) is 1. The lowest BCUT2D eigenvalue weighted by molar-refractivity contribution is 0.313. The number of rotatable bonds is 3. The van der Waals surface area contributed by atoms with E-state index in [4.69, 9.17) is 0 Å². The molecule has 102 valence electrons. The van der Waals surface area contributed by atoms with Gasteiger partial charge in [-0.25, -0.2) is 9.97 Å². The van der Waals surface area contributed by atoms with Crippen molar-refractivity contribution in [2.45, 2.75) is 45.1 Å². The van der Waals surface area contributed by atoms with Crippen molar-refractivity contribution in [2.75, 3.05) is 11.9 Å². The van der Waals surface area contributed by atoms with Crippen molar-refractivity contribution in [3.8, 4) is 0 Å². The fourth-order valence-corrected chi connectivity index (χ4v) is 3.25. The van der Waals surface area contributed by atoms with Crippen molar-refractivity contribution in [2.24, 2.45) is 5.92 Å². The van der Waals surface area contributed by atoms with Gasteiger partial charge in [0.2, 0.25) is 0 Å². The molecule has 0 spiro atoms. The lowest BCUT2D eigenvalue weighted by Crippen LogP contribution is -2.35. The van der Waals surface area contributed by atoms with Crippen molar-refractivity contribution in [1.29, 1.82) is 0 Å². The predicted octanol–water partition coefficient (Wildman–Crippen LogP) is 3.36. The smallest absolute Gasteiger partial charge is 0.142 e. The third-order valence-corrected chi connectivity index (χ3v) is 4.61. The van der Waals surface area contributed by atoms with E-state index in [-0.39, 0.29) is 0 Å². The summed E-state index contributed by atoms with van der Waals surface area (Å²) in [5.74, 6) is 1.99. The van der Waals surface area contributed by atoms with E-state index in [0.29, 0.717) is 6.04 Å². The Morgan fingerprint density at radius 1 is 1.26 bits per heavy atom. The number of H-pyrrole nitrogens is 1.